The molecule has 1 aliphatic heterocycles. The van der Waals surface area contributed by atoms with Gasteiger partial charge in [0, 0.05) is 32.4 Å². The molecule has 0 spiro atoms. The van der Waals surface area contributed by atoms with Crippen LogP contribution < -0.4 is 4.90 Å². The molecule has 114 valence electrons. The number of aromatic nitrogens is 1. The lowest BCUT2D eigenvalue weighted by molar-refractivity contribution is 0.258. The third-order valence-electron chi connectivity index (χ3n) is 3.97. The van der Waals surface area contributed by atoms with E-state index in [1.165, 1.54) is 0 Å². The fourth-order valence-corrected chi connectivity index (χ4v) is 2.87. The van der Waals surface area contributed by atoms with Gasteiger partial charge in [0.1, 0.15) is 23.4 Å². The Labute approximate surface area is 130 Å². The van der Waals surface area contributed by atoms with Gasteiger partial charge in [0.25, 0.3) is 0 Å². The van der Waals surface area contributed by atoms with Gasteiger partial charge in [-0.25, -0.2) is 4.98 Å². The Bertz CT molecular complexity index is 673. The molecule has 5 nitrogen and oxygen atoms in total. The fourth-order valence-electron chi connectivity index (χ4n) is 2.87. The van der Waals surface area contributed by atoms with E-state index in [4.69, 9.17) is 4.42 Å². The molecule has 3 heterocycles. The van der Waals surface area contributed by atoms with Crippen LogP contribution >= 0.6 is 0 Å². The van der Waals surface area contributed by atoms with Crippen molar-refractivity contribution < 1.29 is 4.42 Å². The van der Waals surface area contributed by atoms with Gasteiger partial charge in [-0.05, 0) is 37.6 Å². The SMILES string of the molecule is Cc1ccc(CN2CCCN(c3ncccc3C#N)CC2)o1. The Hall–Kier alpha value is -2.32. The number of furan rings is 1. The van der Waals surface area contributed by atoms with E-state index < -0.39 is 0 Å². The maximum atomic E-state index is 9.23. The van der Waals surface area contributed by atoms with Crippen molar-refractivity contribution in [2.24, 2.45) is 0 Å². The summed E-state index contributed by atoms with van der Waals surface area (Å²) in [6, 6.07) is 9.93. The van der Waals surface area contributed by atoms with Gasteiger partial charge < -0.3 is 9.32 Å². The quantitative estimate of drug-likeness (QED) is 0.871. The largest absolute Gasteiger partial charge is 0.465 e. The van der Waals surface area contributed by atoms with E-state index in [9.17, 15) is 5.26 Å². The van der Waals surface area contributed by atoms with Crippen molar-refractivity contribution >= 4 is 5.82 Å². The molecule has 5 heteroatoms. The molecular weight excluding hydrogens is 276 g/mol. The number of hydrogen-bond donors (Lipinski definition) is 0. The summed E-state index contributed by atoms with van der Waals surface area (Å²) in [5.41, 5.74) is 0.651. The molecule has 0 amide bonds. The molecule has 0 radical (unpaired) electrons. The lowest BCUT2D eigenvalue weighted by atomic mass is 10.2. The van der Waals surface area contributed by atoms with Crippen molar-refractivity contribution in [3.63, 3.8) is 0 Å². The van der Waals surface area contributed by atoms with E-state index in [0.717, 1.165) is 56.5 Å². The Morgan fingerprint density at radius 3 is 2.91 bits per heavy atom. The summed E-state index contributed by atoms with van der Waals surface area (Å²) < 4.78 is 5.66. The minimum absolute atomic E-state index is 0.651. The Morgan fingerprint density at radius 1 is 1.23 bits per heavy atom. The minimum Gasteiger partial charge on any atom is -0.465 e. The van der Waals surface area contributed by atoms with Gasteiger partial charge in [-0.1, -0.05) is 0 Å². The summed E-state index contributed by atoms with van der Waals surface area (Å²) in [5, 5.41) is 9.23. The molecule has 0 aliphatic carbocycles. The summed E-state index contributed by atoms with van der Waals surface area (Å²) in [7, 11) is 0. The van der Waals surface area contributed by atoms with Gasteiger partial charge in [0.15, 0.2) is 0 Å². The molecule has 0 atom stereocenters. The molecule has 0 saturated carbocycles. The van der Waals surface area contributed by atoms with E-state index in [1.54, 1.807) is 6.20 Å². The van der Waals surface area contributed by atoms with Crippen LogP contribution in [0.2, 0.25) is 0 Å². The average molecular weight is 296 g/mol. The van der Waals surface area contributed by atoms with Crippen LogP contribution in [0.25, 0.3) is 0 Å². The maximum absolute atomic E-state index is 9.23. The standard InChI is InChI=1S/C17H20N4O/c1-14-5-6-16(22-14)13-20-8-3-9-21(11-10-20)17-15(12-18)4-2-7-19-17/h2,4-7H,3,8-11,13H2,1H3. The van der Waals surface area contributed by atoms with E-state index in [0.29, 0.717) is 5.56 Å². The predicted octanol–water partition coefficient (Wildman–Crippen LogP) is 2.57. The monoisotopic (exact) mass is 296 g/mol. The summed E-state index contributed by atoms with van der Waals surface area (Å²) >= 11 is 0. The zero-order valence-corrected chi connectivity index (χ0v) is 12.8. The van der Waals surface area contributed by atoms with Gasteiger partial charge in [0.05, 0.1) is 12.1 Å². The van der Waals surface area contributed by atoms with Crippen molar-refractivity contribution in [2.75, 3.05) is 31.1 Å². The lowest BCUT2D eigenvalue weighted by Crippen LogP contribution is -2.31. The first-order valence-corrected chi connectivity index (χ1v) is 7.64. The molecule has 22 heavy (non-hydrogen) atoms. The molecule has 2 aromatic rings. The van der Waals surface area contributed by atoms with Crippen molar-refractivity contribution in [1.82, 2.24) is 9.88 Å². The van der Waals surface area contributed by atoms with Crippen LogP contribution in [0.4, 0.5) is 5.82 Å². The van der Waals surface area contributed by atoms with Crippen LogP contribution in [-0.2, 0) is 6.54 Å². The molecule has 2 aromatic heterocycles. The molecule has 0 bridgehead atoms. The third kappa shape index (κ3) is 3.29. The van der Waals surface area contributed by atoms with E-state index >= 15 is 0 Å². The average Bonchev–Trinajstić information content (AvgIpc) is 2.81. The van der Waals surface area contributed by atoms with E-state index in [2.05, 4.69) is 20.9 Å². The normalized spacial score (nSPS) is 16.3. The summed E-state index contributed by atoms with van der Waals surface area (Å²) in [4.78, 5) is 9.00. The van der Waals surface area contributed by atoms with Gasteiger partial charge in [-0.3, -0.25) is 4.90 Å². The number of pyridine rings is 1. The van der Waals surface area contributed by atoms with Crippen LogP contribution in [-0.4, -0.2) is 36.1 Å². The molecule has 0 aromatic carbocycles. The Morgan fingerprint density at radius 2 is 2.14 bits per heavy atom. The summed E-state index contributed by atoms with van der Waals surface area (Å²) in [5.74, 6) is 2.78. The highest BCUT2D eigenvalue weighted by atomic mass is 16.3. The smallest absolute Gasteiger partial charge is 0.146 e. The molecule has 1 aliphatic rings. The number of aryl methyl sites for hydroxylation is 1. The molecular formula is C17H20N4O. The second kappa shape index (κ2) is 6.63. The molecule has 1 saturated heterocycles. The molecule has 3 rings (SSSR count). The first kappa shape index (κ1) is 14.6. The van der Waals surface area contributed by atoms with Crippen LogP contribution in [0, 0.1) is 18.3 Å². The van der Waals surface area contributed by atoms with Crippen molar-refractivity contribution in [1.29, 1.82) is 5.26 Å². The van der Waals surface area contributed by atoms with Crippen LogP contribution in [0.3, 0.4) is 0 Å². The van der Waals surface area contributed by atoms with Crippen LogP contribution in [0.5, 0.6) is 0 Å². The first-order chi connectivity index (χ1) is 10.8. The molecule has 0 N–H and O–H groups in total. The molecule has 0 unspecified atom stereocenters. The van der Waals surface area contributed by atoms with Gasteiger partial charge >= 0.3 is 0 Å². The third-order valence-corrected chi connectivity index (χ3v) is 3.97. The zero-order chi connectivity index (χ0) is 15.4. The first-order valence-electron chi connectivity index (χ1n) is 7.64. The number of anilines is 1. The highest BCUT2D eigenvalue weighted by Gasteiger charge is 2.18. The maximum Gasteiger partial charge on any atom is 0.146 e. The van der Waals surface area contributed by atoms with Crippen molar-refractivity contribution in [3.8, 4) is 6.07 Å². The zero-order valence-electron chi connectivity index (χ0n) is 12.8. The molecule has 1 fully saturated rings. The van der Waals surface area contributed by atoms with Gasteiger partial charge in [-0.2, -0.15) is 5.26 Å². The van der Waals surface area contributed by atoms with Crippen molar-refractivity contribution in [2.45, 2.75) is 19.9 Å². The summed E-state index contributed by atoms with van der Waals surface area (Å²) in [6.07, 6.45) is 2.81. The second-order valence-corrected chi connectivity index (χ2v) is 5.62. The van der Waals surface area contributed by atoms with E-state index in [1.807, 2.05) is 31.2 Å². The number of nitriles is 1. The van der Waals surface area contributed by atoms with Crippen molar-refractivity contribution in [3.05, 3.63) is 47.5 Å². The number of hydrogen-bond acceptors (Lipinski definition) is 5. The van der Waals surface area contributed by atoms with Crippen LogP contribution in [0.15, 0.2) is 34.9 Å². The number of nitrogens with zero attached hydrogens (tertiary/aromatic N) is 4. The Kier molecular flexibility index (Phi) is 4.40. The minimum atomic E-state index is 0.651. The number of rotatable bonds is 3. The summed E-state index contributed by atoms with van der Waals surface area (Å²) in [6.45, 7) is 6.60. The van der Waals surface area contributed by atoms with Gasteiger partial charge in [0.2, 0.25) is 0 Å². The van der Waals surface area contributed by atoms with Gasteiger partial charge in [-0.15, -0.1) is 0 Å². The predicted molar refractivity (Wildman–Crippen MR) is 84.5 cm³/mol. The lowest BCUT2D eigenvalue weighted by Gasteiger charge is -2.23. The fraction of sp³-hybridized carbons (Fsp3) is 0.412. The highest BCUT2D eigenvalue weighted by Crippen LogP contribution is 2.19. The second-order valence-electron chi connectivity index (χ2n) is 5.62. The highest BCUT2D eigenvalue weighted by molar-refractivity contribution is 5.53. The van der Waals surface area contributed by atoms with Crippen LogP contribution in [0.1, 0.15) is 23.5 Å². The van der Waals surface area contributed by atoms with E-state index in [-0.39, 0.29) is 0 Å². The Balaban J connectivity index is 1.66. The topological polar surface area (TPSA) is 56.3 Å².